The molecule has 1 fully saturated rings. The van der Waals surface area contributed by atoms with Crippen molar-refractivity contribution in [2.45, 2.75) is 58.1 Å². The van der Waals surface area contributed by atoms with Crippen molar-refractivity contribution in [2.24, 2.45) is 10.6 Å². The number of carbonyl (C=O) groups excluding carboxylic acids is 1. The van der Waals surface area contributed by atoms with Crippen molar-refractivity contribution in [3.05, 3.63) is 29.8 Å². The number of ether oxygens (including phenoxy) is 2. The minimum absolute atomic E-state index is 0.106. The molecule has 2 heterocycles. The summed E-state index contributed by atoms with van der Waals surface area (Å²) in [5.41, 5.74) is 1.38. The molecule has 27 heavy (non-hydrogen) atoms. The van der Waals surface area contributed by atoms with Crippen LogP contribution in [0.15, 0.2) is 29.4 Å². The molecule has 6 nitrogen and oxygen atoms in total. The zero-order chi connectivity index (χ0) is 19.3. The maximum absolute atomic E-state index is 13.0. The maximum Gasteiger partial charge on any atom is 0.226 e. The van der Waals surface area contributed by atoms with Crippen LogP contribution in [-0.2, 0) is 14.4 Å². The van der Waals surface area contributed by atoms with Gasteiger partial charge >= 0.3 is 0 Å². The lowest BCUT2D eigenvalue weighted by atomic mass is 9.74. The molecule has 0 radical (unpaired) electrons. The summed E-state index contributed by atoms with van der Waals surface area (Å²) in [7, 11) is 1.66. The van der Waals surface area contributed by atoms with Gasteiger partial charge in [-0.2, -0.15) is 0 Å². The number of hydrogen-bond donors (Lipinski definition) is 1. The fourth-order valence-electron chi connectivity index (χ4n) is 3.78. The molecule has 1 amide bonds. The number of hydrogen-bond acceptors (Lipinski definition) is 5. The van der Waals surface area contributed by atoms with E-state index < -0.39 is 5.41 Å². The van der Waals surface area contributed by atoms with Crippen molar-refractivity contribution >= 4 is 11.6 Å². The average Bonchev–Trinajstić information content (AvgIpc) is 3.16. The number of para-hydroxylation sites is 1. The molecule has 0 spiro atoms. The standard InChI is InChI=1S/C21H30N2O4/c1-4-15(2)22-20(24)21(9-11-26-12-10-21)14-16-13-18(23-27-16)17-7-5-6-8-19(17)25-3/h5-8,15-16H,4,9-14H2,1-3H3,(H,22,24)/t15-,16+/m0/s1. The number of nitrogens with zero attached hydrogens (tertiary/aromatic N) is 1. The number of oxime groups is 1. The van der Waals surface area contributed by atoms with Gasteiger partial charge in [0.05, 0.1) is 18.2 Å². The second-order valence-electron chi connectivity index (χ2n) is 7.55. The molecule has 0 saturated carbocycles. The first-order valence-corrected chi connectivity index (χ1v) is 9.83. The van der Waals surface area contributed by atoms with Crippen molar-refractivity contribution in [1.82, 2.24) is 5.32 Å². The van der Waals surface area contributed by atoms with Crippen LogP contribution in [0.1, 0.15) is 51.5 Å². The minimum Gasteiger partial charge on any atom is -0.496 e. The molecular weight excluding hydrogens is 344 g/mol. The van der Waals surface area contributed by atoms with Crippen molar-refractivity contribution in [1.29, 1.82) is 0 Å². The molecule has 2 aliphatic rings. The van der Waals surface area contributed by atoms with E-state index in [9.17, 15) is 4.79 Å². The van der Waals surface area contributed by atoms with Gasteiger partial charge in [-0.1, -0.05) is 24.2 Å². The van der Waals surface area contributed by atoms with Crippen molar-refractivity contribution in [2.75, 3.05) is 20.3 Å². The number of benzene rings is 1. The van der Waals surface area contributed by atoms with Crippen molar-refractivity contribution in [3.8, 4) is 5.75 Å². The molecule has 0 unspecified atom stereocenters. The highest BCUT2D eigenvalue weighted by Gasteiger charge is 2.44. The topological polar surface area (TPSA) is 69.2 Å². The first-order valence-electron chi connectivity index (χ1n) is 9.83. The summed E-state index contributed by atoms with van der Waals surface area (Å²) < 4.78 is 11.0. The van der Waals surface area contributed by atoms with Gasteiger partial charge in [-0.15, -0.1) is 0 Å². The normalized spacial score (nSPS) is 22.5. The molecule has 2 aliphatic heterocycles. The average molecular weight is 374 g/mol. The lowest BCUT2D eigenvalue weighted by Crippen LogP contribution is -2.48. The SMILES string of the molecule is CC[C@H](C)NC(=O)C1(C[C@H]2CC(c3ccccc3OC)=NO2)CCOCC1. The Kier molecular flexibility index (Phi) is 6.37. The van der Waals surface area contributed by atoms with Crippen LogP contribution in [0.25, 0.3) is 0 Å². The van der Waals surface area contributed by atoms with Crippen LogP contribution >= 0.6 is 0 Å². The fraction of sp³-hybridized carbons (Fsp3) is 0.619. The van der Waals surface area contributed by atoms with Crippen LogP contribution in [0.4, 0.5) is 0 Å². The first-order chi connectivity index (χ1) is 13.1. The molecule has 1 aromatic rings. The Labute approximate surface area is 161 Å². The van der Waals surface area contributed by atoms with Gasteiger partial charge in [-0.05, 0) is 38.3 Å². The fourth-order valence-corrected chi connectivity index (χ4v) is 3.78. The third-order valence-electron chi connectivity index (χ3n) is 5.69. The van der Waals surface area contributed by atoms with Crippen LogP contribution in [-0.4, -0.2) is 44.1 Å². The predicted molar refractivity (Wildman–Crippen MR) is 104 cm³/mol. The molecule has 148 valence electrons. The van der Waals surface area contributed by atoms with E-state index in [4.69, 9.17) is 14.3 Å². The Morgan fingerprint density at radius 1 is 1.37 bits per heavy atom. The van der Waals surface area contributed by atoms with Gasteiger partial charge in [0.2, 0.25) is 5.91 Å². The van der Waals surface area contributed by atoms with E-state index in [1.54, 1.807) is 7.11 Å². The van der Waals surface area contributed by atoms with E-state index in [1.165, 1.54) is 0 Å². The van der Waals surface area contributed by atoms with E-state index >= 15 is 0 Å². The third-order valence-corrected chi connectivity index (χ3v) is 5.69. The van der Waals surface area contributed by atoms with Crippen LogP contribution in [0.2, 0.25) is 0 Å². The van der Waals surface area contributed by atoms with Gasteiger partial charge in [0.25, 0.3) is 0 Å². The molecule has 2 atom stereocenters. The summed E-state index contributed by atoms with van der Waals surface area (Å²) in [6.07, 6.45) is 3.59. The van der Waals surface area contributed by atoms with E-state index in [0.29, 0.717) is 26.1 Å². The van der Waals surface area contributed by atoms with Crippen LogP contribution in [0.3, 0.4) is 0 Å². The molecule has 1 aromatic carbocycles. The monoisotopic (exact) mass is 374 g/mol. The number of rotatable bonds is 7. The lowest BCUT2D eigenvalue weighted by molar-refractivity contribution is -0.140. The highest BCUT2D eigenvalue weighted by molar-refractivity contribution is 6.03. The van der Waals surface area contributed by atoms with Crippen LogP contribution in [0.5, 0.6) is 5.75 Å². The zero-order valence-electron chi connectivity index (χ0n) is 16.5. The smallest absolute Gasteiger partial charge is 0.226 e. The predicted octanol–water partition coefficient (Wildman–Crippen LogP) is 3.29. The number of carbonyl (C=O) groups is 1. The van der Waals surface area contributed by atoms with Gasteiger partial charge in [0.1, 0.15) is 11.9 Å². The van der Waals surface area contributed by atoms with E-state index in [1.807, 2.05) is 31.2 Å². The summed E-state index contributed by atoms with van der Waals surface area (Å²) in [4.78, 5) is 18.8. The van der Waals surface area contributed by atoms with E-state index in [-0.39, 0.29) is 18.1 Å². The Bertz CT molecular complexity index is 683. The second-order valence-corrected chi connectivity index (χ2v) is 7.55. The molecule has 0 aliphatic carbocycles. The molecule has 1 N–H and O–H groups in total. The Hall–Kier alpha value is -2.08. The zero-order valence-corrected chi connectivity index (χ0v) is 16.5. The summed E-state index contributed by atoms with van der Waals surface area (Å²) in [5.74, 6) is 0.908. The molecular formula is C21H30N2O4. The molecule has 0 bridgehead atoms. The van der Waals surface area contributed by atoms with Gasteiger partial charge in [-0.3, -0.25) is 4.79 Å². The Balaban J connectivity index is 1.70. The summed E-state index contributed by atoms with van der Waals surface area (Å²) in [6.45, 7) is 5.34. The van der Waals surface area contributed by atoms with Crippen molar-refractivity contribution in [3.63, 3.8) is 0 Å². The van der Waals surface area contributed by atoms with Gasteiger partial charge in [-0.25, -0.2) is 0 Å². The lowest BCUT2D eigenvalue weighted by Gasteiger charge is -2.37. The molecule has 1 saturated heterocycles. The minimum atomic E-state index is -0.446. The first kappa shape index (κ1) is 19.7. The van der Waals surface area contributed by atoms with Crippen LogP contribution < -0.4 is 10.1 Å². The second kappa shape index (κ2) is 8.74. The summed E-state index contributed by atoms with van der Waals surface area (Å²) in [5, 5.41) is 7.47. The highest BCUT2D eigenvalue weighted by Crippen LogP contribution is 2.39. The summed E-state index contributed by atoms with van der Waals surface area (Å²) >= 11 is 0. The van der Waals surface area contributed by atoms with Crippen LogP contribution in [0, 0.1) is 5.41 Å². The third kappa shape index (κ3) is 4.43. The van der Waals surface area contributed by atoms with Crippen molar-refractivity contribution < 1.29 is 19.1 Å². The molecule has 0 aromatic heterocycles. The maximum atomic E-state index is 13.0. The van der Waals surface area contributed by atoms with E-state index in [0.717, 1.165) is 36.3 Å². The number of methoxy groups -OCH3 is 1. The Morgan fingerprint density at radius 3 is 2.81 bits per heavy atom. The highest BCUT2D eigenvalue weighted by atomic mass is 16.6. The summed E-state index contributed by atoms with van der Waals surface area (Å²) in [6, 6.07) is 7.98. The molecule has 6 heteroatoms. The van der Waals surface area contributed by atoms with Gasteiger partial charge < -0.3 is 19.6 Å². The largest absolute Gasteiger partial charge is 0.496 e. The number of amides is 1. The quantitative estimate of drug-likeness (QED) is 0.795. The molecule has 3 rings (SSSR count). The van der Waals surface area contributed by atoms with Gasteiger partial charge in [0.15, 0.2) is 0 Å². The van der Waals surface area contributed by atoms with Gasteiger partial charge in [0, 0.05) is 37.7 Å². The number of nitrogens with one attached hydrogen (secondary N) is 1. The van der Waals surface area contributed by atoms with E-state index in [2.05, 4.69) is 17.4 Å². The Morgan fingerprint density at radius 2 is 2.11 bits per heavy atom.